The summed E-state index contributed by atoms with van der Waals surface area (Å²) in [4.78, 5) is 17.6. The second-order valence-electron chi connectivity index (χ2n) is 6.57. The van der Waals surface area contributed by atoms with Gasteiger partial charge in [-0.05, 0) is 56.2 Å². The van der Waals surface area contributed by atoms with E-state index < -0.39 is 0 Å². The van der Waals surface area contributed by atoms with E-state index in [1.807, 2.05) is 26.0 Å². The highest BCUT2D eigenvalue weighted by molar-refractivity contribution is 6.17. The third-order valence-corrected chi connectivity index (χ3v) is 4.80. The van der Waals surface area contributed by atoms with Crippen molar-refractivity contribution in [3.8, 4) is 23.0 Å². The van der Waals surface area contributed by atoms with Crippen LogP contribution in [0, 0.1) is 0 Å². The van der Waals surface area contributed by atoms with Gasteiger partial charge in [0.15, 0.2) is 28.8 Å². The molecule has 0 saturated carbocycles. The van der Waals surface area contributed by atoms with Crippen LogP contribution in [-0.4, -0.2) is 45.5 Å². The molecule has 0 N–H and O–H groups in total. The maximum Gasteiger partial charge on any atom is 0.168 e. The maximum atomic E-state index is 13.0. The fraction of sp³-hybridized carbons (Fsp3) is 0.391. The van der Waals surface area contributed by atoms with Gasteiger partial charge in [-0.2, -0.15) is 0 Å². The summed E-state index contributed by atoms with van der Waals surface area (Å²) in [5.41, 5.74) is 3.40. The van der Waals surface area contributed by atoms with E-state index in [9.17, 15) is 4.79 Å². The van der Waals surface area contributed by atoms with Crippen molar-refractivity contribution in [3.63, 3.8) is 0 Å². The molecule has 1 aliphatic heterocycles. The Hall–Kier alpha value is -3.02. The highest BCUT2D eigenvalue weighted by Gasteiger charge is 2.21. The summed E-state index contributed by atoms with van der Waals surface area (Å²) in [6, 6.07) is 9.18. The molecule has 0 radical (unpaired) electrons. The smallest absolute Gasteiger partial charge is 0.168 e. The number of aliphatic imine (C=N–C) groups is 1. The SMILES string of the molecule is CCOc1ccc(C(=O)CC2=NCCc3cc(OC)c(OC)cc32)cc1OCC. The van der Waals surface area contributed by atoms with Crippen molar-refractivity contribution >= 4 is 11.5 Å². The van der Waals surface area contributed by atoms with Crippen molar-refractivity contribution in [2.24, 2.45) is 4.99 Å². The first-order valence-electron chi connectivity index (χ1n) is 9.82. The Labute approximate surface area is 171 Å². The predicted octanol–water partition coefficient (Wildman–Crippen LogP) is 4.12. The first-order valence-corrected chi connectivity index (χ1v) is 9.82. The zero-order valence-corrected chi connectivity index (χ0v) is 17.4. The lowest BCUT2D eigenvalue weighted by Crippen LogP contribution is -2.17. The van der Waals surface area contributed by atoms with Crippen molar-refractivity contribution in [2.45, 2.75) is 26.7 Å². The Morgan fingerprint density at radius 2 is 1.62 bits per heavy atom. The summed E-state index contributed by atoms with van der Waals surface area (Å²) in [7, 11) is 3.22. The molecule has 154 valence electrons. The van der Waals surface area contributed by atoms with Crippen LogP contribution in [0.2, 0.25) is 0 Å². The normalized spacial score (nSPS) is 12.6. The number of carbonyl (C=O) groups is 1. The average molecular weight is 397 g/mol. The van der Waals surface area contributed by atoms with Crippen LogP contribution in [0.5, 0.6) is 23.0 Å². The standard InChI is InChI=1S/C23H27NO5/c1-5-28-20-8-7-16(12-23(20)29-6-2)19(25)14-18-17-13-22(27-4)21(26-3)11-15(17)9-10-24-18/h7-8,11-13H,5-6,9-10,14H2,1-4H3. The van der Waals surface area contributed by atoms with Crippen molar-refractivity contribution in [3.05, 3.63) is 47.0 Å². The maximum absolute atomic E-state index is 13.0. The molecule has 2 aromatic rings. The zero-order valence-electron chi connectivity index (χ0n) is 17.4. The van der Waals surface area contributed by atoms with Gasteiger partial charge in [0.1, 0.15) is 0 Å². The summed E-state index contributed by atoms with van der Waals surface area (Å²) in [5, 5.41) is 0. The average Bonchev–Trinajstić information content (AvgIpc) is 2.74. The molecule has 0 atom stereocenters. The van der Waals surface area contributed by atoms with Gasteiger partial charge in [0.05, 0.1) is 39.6 Å². The molecule has 6 heteroatoms. The zero-order chi connectivity index (χ0) is 20.8. The van der Waals surface area contributed by atoms with E-state index in [1.54, 1.807) is 32.4 Å². The summed E-state index contributed by atoms with van der Waals surface area (Å²) in [6.45, 7) is 5.50. The van der Waals surface area contributed by atoms with Gasteiger partial charge in [-0.25, -0.2) is 0 Å². The Morgan fingerprint density at radius 3 is 2.31 bits per heavy atom. The molecule has 1 aliphatic rings. The van der Waals surface area contributed by atoms with Gasteiger partial charge in [-0.15, -0.1) is 0 Å². The lowest BCUT2D eigenvalue weighted by Gasteiger charge is -2.19. The Kier molecular flexibility index (Phi) is 6.75. The highest BCUT2D eigenvalue weighted by Crippen LogP contribution is 2.34. The van der Waals surface area contributed by atoms with Gasteiger partial charge < -0.3 is 18.9 Å². The summed E-state index contributed by atoms with van der Waals surface area (Å²) >= 11 is 0. The fourth-order valence-electron chi connectivity index (χ4n) is 3.42. The van der Waals surface area contributed by atoms with Crippen molar-refractivity contribution in [1.29, 1.82) is 0 Å². The molecule has 29 heavy (non-hydrogen) atoms. The molecule has 0 amide bonds. The molecule has 0 aliphatic carbocycles. The molecule has 6 nitrogen and oxygen atoms in total. The minimum absolute atomic E-state index is 0.0182. The van der Waals surface area contributed by atoms with E-state index in [-0.39, 0.29) is 12.2 Å². The minimum Gasteiger partial charge on any atom is -0.493 e. The Morgan fingerprint density at radius 1 is 0.931 bits per heavy atom. The van der Waals surface area contributed by atoms with Gasteiger partial charge >= 0.3 is 0 Å². The van der Waals surface area contributed by atoms with Gasteiger partial charge in [-0.3, -0.25) is 9.79 Å². The number of Topliss-reactive ketones (excluding diaryl/α,β-unsaturated/α-hetero) is 1. The molecule has 0 spiro atoms. The number of rotatable bonds is 9. The molecule has 3 rings (SSSR count). The number of benzene rings is 2. The second kappa shape index (κ2) is 9.45. The van der Waals surface area contributed by atoms with Gasteiger partial charge in [0.25, 0.3) is 0 Å². The summed E-state index contributed by atoms with van der Waals surface area (Å²) in [6.07, 6.45) is 1.02. The van der Waals surface area contributed by atoms with Crippen LogP contribution in [0.4, 0.5) is 0 Å². The third-order valence-electron chi connectivity index (χ3n) is 4.80. The van der Waals surface area contributed by atoms with Crippen molar-refractivity contribution in [2.75, 3.05) is 34.0 Å². The number of fused-ring (bicyclic) bond motifs is 1. The van der Waals surface area contributed by atoms with Crippen molar-refractivity contribution in [1.82, 2.24) is 0 Å². The molecule has 0 saturated heterocycles. The number of carbonyl (C=O) groups excluding carboxylic acids is 1. The summed E-state index contributed by atoms with van der Waals surface area (Å²) < 4.78 is 22.0. The minimum atomic E-state index is -0.0182. The number of hydrogen-bond donors (Lipinski definition) is 0. The van der Waals surface area contributed by atoms with E-state index in [4.69, 9.17) is 18.9 Å². The molecule has 0 unspecified atom stereocenters. The van der Waals surface area contributed by atoms with E-state index in [0.717, 1.165) is 23.3 Å². The van der Waals surface area contributed by atoms with E-state index in [0.29, 0.717) is 48.3 Å². The van der Waals surface area contributed by atoms with E-state index in [1.165, 1.54) is 0 Å². The van der Waals surface area contributed by atoms with Crippen molar-refractivity contribution < 1.29 is 23.7 Å². The first-order chi connectivity index (χ1) is 14.1. The number of ketones is 1. The number of methoxy groups -OCH3 is 2. The van der Waals surface area contributed by atoms with Crippen LogP contribution in [0.3, 0.4) is 0 Å². The monoisotopic (exact) mass is 397 g/mol. The summed E-state index contributed by atoms with van der Waals surface area (Å²) in [5.74, 6) is 2.52. The quantitative estimate of drug-likeness (QED) is 0.596. The molecule has 0 fully saturated rings. The molecule has 2 aromatic carbocycles. The number of hydrogen-bond acceptors (Lipinski definition) is 6. The van der Waals surface area contributed by atoms with Crippen LogP contribution < -0.4 is 18.9 Å². The first kappa shape index (κ1) is 20.7. The molecule has 1 heterocycles. The second-order valence-corrected chi connectivity index (χ2v) is 6.57. The van der Waals surface area contributed by atoms with Gasteiger partial charge in [0, 0.05) is 17.7 Å². The highest BCUT2D eigenvalue weighted by atomic mass is 16.5. The fourth-order valence-corrected chi connectivity index (χ4v) is 3.42. The largest absolute Gasteiger partial charge is 0.493 e. The van der Waals surface area contributed by atoms with Crippen LogP contribution >= 0.6 is 0 Å². The molecular weight excluding hydrogens is 370 g/mol. The van der Waals surface area contributed by atoms with Crippen LogP contribution in [0.1, 0.15) is 41.8 Å². The predicted molar refractivity (Wildman–Crippen MR) is 112 cm³/mol. The van der Waals surface area contributed by atoms with Gasteiger partial charge in [0.2, 0.25) is 0 Å². The van der Waals surface area contributed by atoms with Crippen LogP contribution in [0.25, 0.3) is 0 Å². The topological polar surface area (TPSA) is 66.4 Å². The molecule has 0 aromatic heterocycles. The number of ether oxygens (including phenoxy) is 4. The van der Waals surface area contributed by atoms with E-state index in [2.05, 4.69) is 4.99 Å². The van der Waals surface area contributed by atoms with Crippen LogP contribution in [0.15, 0.2) is 35.3 Å². The van der Waals surface area contributed by atoms with Gasteiger partial charge in [-0.1, -0.05) is 0 Å². The third kappa shape index (κ3) is 4.53. The Balaban J connectivity index is 1.87. The molecular formula is C23H27NO5. The van der Waals surface area contributed by atoms with Crippen LogP contribution in [-0.2, 0) is 6.42 Å². The Bertz CT molecular complexity index is 920. The van der Waals surface area contributed by atoms with E-state index >= 15 is 0 Å². The lowest BCUT2D eigenvalue weighted by atomic mass is 9.92. The lowest BCUT2D eigenvalue weighted by molar-refractivity contribution is 0.1000. The molecule has 0 bridgehead atoms. The number of nitrogens with zero attached hydrogens (tertiary/aromatic N) is 1.